The Balaban J connectivity index is 1.73. The first-order chi connectivity index (χ1) is 14.8. The lowest BCUT2D eigenvalue weighted by Gasteiger charge is -2.17. The van der Waals surface area contributed by atoms with Crippen molar-refractivity contribution in [3.63, 3.8) is 0 Å². The Labute approximate surface area is 178 Å². The van der Waals surface area contributed by atoms with Crippen LogP contribution >= 0.6 is 11.6 Å². The highest BCUT2D eigenvalue weighted by Crippen LogP contribution is 2.38. The third-order valence-corrected chi connectivity index (χ3v) is 4.67. The summed E-state index contributed by atoms with van der Waals surface area (Å²) in [6, 6.07) is 3.41. The van der Waals surface area contributed by atoms with Gasteiger partial charge in [-0.05, 0) is 19.1 Å². The van der Waals surface area contributed by atoms with Gasteiger partial charge in [-0.1, -0.05) is 11.6 Å². The number of hydrogen-bond acceptors (Lipinski definition) is 8. The van der Waals surface area contributed by atoms with E-state index in [9.17, 15) is 13.2 Å². The second-order valence-electron chi connectivity index (χ2n) is 6.48. The molecule has 3 aromatic heterocycles. The van der Waals surface area contributed by atoms with Crippen molar-refractivity contribution in [2.24, 2.45) is 0 Å². The van der Waals surface area contributed by atoms with Gasteiger partial charge in [0.1, 0.15) is 30.6 Å². The molecule has 0 fully saturated rings. The Hall–Kier alpha value is -3.54. The fourth-order valence-electron chi connectivity index (χ4n) is 3.06. The van der Waals surface area contributed by atoms with E-state index in [0.717, 1.165) is 12.4 Å². The van der Waals surface area contributed by atoms with Gasteiger partial charge in [0, 0.05) is 23.5 Å². The molecule has 0 aliphatic heterocycles. The molecule has 1 atom stereocenters. The Morgan fingerprint density at radius 1 is 1.00 bits per heavy atom. The molecule has 160 valence electrons. The van der Waals surface area contributed by atoms with E-state index in [1.165, 1.54) is 23.4 Å². The fraction of sp³-hybridized carbons (Fsp3) is 0.222. The summed E-state index contributed by atoms with van der Waals surface area (Å²) in [6.45, 7) is 1.77. The van der Waals surface area contributed by atoms with Crippen molar-refractivity contribution in [2.45, 2.75) is 19.1 Å². The van der Waals surface area contributed by atoms with Crippen molar-refractivity contribution in [3.05, 3.63) is 53.6 Å². The summed E-state index contributed by atoms with van der Waals surface area (Å²) in [6.07, 6.45) is -0.817. The number of anilines is 2. The molecule has 0 unspecified atom stereocenters. The van der Waals surface area contributed by atoms with Gasteiger partial charge in [-0.15, -0.1) is 0 Å². The molecule has 9 nitrogen and oxygen atoms in total. The van der Waals surface area contributed by atoms with E-state index in [0.29, 0.717) is 17.5 Å². The van der Waals surface area contributed by atoms with E-state index in [1.54, 1.807) is 20.0 Å². The first-order valence-electron chi connectivity index (χ1n) is 8.96. The molecule has 4 rings (SSSR count). The molecule has 0 bridgehead atoms. The Morgan fingerprint density at radius 3 is 2.52 bits per heavy atom. The molecule has 0 aliphatic rings. The van der Waals surface area contributed by atoms with Gasteiger partial charge in [0.15, 0.2) is 11.6 Å². The highest BCUT2D eigenvalue weighted by Gasteiger charge is 2.34. The zero-order valence-corrected chi connectivity index (χ0v) is 16.9. The zero-order chi connectivity index (χ0) is 22.2. The second-order valence-corrected chi connectivity index (χ2v) is 6.91. The lowest BCUT2D eigenvalue weighted by atomic mass is 10.1. The number of nitrogens with one attached hydrogen (secondary N) is 2. The molecule has 0 saturated carbocycles. The van der Waals surface area contributed by atoms with Crippen molar-refractivity contribution in [1.82, 2.24) is 34.7 Å². The number of hydrogen-bond donors (Lipinski definition) is 2. The van der Waals surface area contributed by atoms with Crippen LogP contribution in [-0.4, -0.2) is 41.7 Å². The average molecular weight is 450 g/mol. The summed E-state index contributed by atoms with van der Waals surface area (Å²) < 4.78 is 41.8. The van der Waals surface area contributed by atoms with Crippen molar-refractivity contribution in [1.29, 1.82) is 0 Å². The van der Waals surface area contributed by atoms with Crippen LogP contribution in [0.5, 0.6) is 0 Å². The van der Waals surface area contributed by atoms with Crippen LogP contribution in [0.3, 0.4) is 0 Å². The Kier molecular flexibility index (Phi) is 5.31. The minimum Gasteiger partial charge on any atom is -0.373 e. The van der Waals surface area contributed by atoms with Crippen molar-refractivity contribution < 1.29 is 13.2 Å². The molecular formula is C18H15ClF3N9. The van der Waals surface area contributed by atoms with E-state index >= 15 is 0 Å². The van der Waals surface area contributed by atoms with E-state index in [1.807, 2.05) is 0 Å². The lowest BCUT2D eigenvalue weighted by molar-refractivity contribution is -0.136. The predicted molar refractivity (Wildman–Crippen MR) is 108 cm³/mol. The molecule has 13 heteroatoms. The van der Waals surface area contributed by atoms with E-state index in [2.05, 4.69) is 40.7 Å². The minimum absolute atomic E-state index is 0.0749. The van der Waals surface area contributed by atoms with Crippen LogP contribution in [-0.2, 0) is 6.18 Å². The van der Waals surface area contributed by atoms with Gasteiger partial charge < -0.3 is 10.6 Å². The monoisotopic (exact) mass is 449 g/mol. The lowest BCUT2D eigenvalue weighted by Crippen LogP contribution is -2.16. The SMILES string of the molecule is CNc1cc(-n2ncnc2[C@H](C)Nc2ncnc3c(C(F)(F)F)cc(Cl)cc23)ncn1. The molecule has 0 spiro atoms. The number of benzene rings is 1. The van der Waals surface area contributed by atoms with Crippen LogP contribution in [0, 0.1) is 0 Å². The number of nitrogens with zero attached hydrogens (tertiary/aromatic N) is 7. The van der Waals surface area contributed by atoms with Gasteiger partial charge in [-0.25, -0.2) is 24.9 Å². The van der Waals surface area contributed by atoms with Gasteiger partial charge in [-0.3, -0.25) is 0 Å². The molecule has 0 aliphatic carbocycles. The van der Waals surface area contributed by atoms with Crippen molar-refractivity contribution in [3.8, 4) is 5.82 Å². The van der Waals surface area contributed by atoms with E-state index < -0.39 is 17.8 Å². The smallest absolute Gasteiger partial charge is 0.373 e. The maximum atomic E-state index is 13.4. The van der Waals surface area contributed by atoms with Gasteiger partial charge in [0.25, 0.3) is 0 Å². The number of alkyl halides is 3. The van der Waals surface area contributed by atoms with Crippen LogP contribution in [0.1, 0.15) is 24.4 Å². The maximum absolute atomic E-state index is 13.4. The zero-order valence-electron chi connectivity index (χ0n) is 16.2. The molecule has 1 aromatic carbocycles. The molecule has 31 heavy (non-hydrogen) atoms. The summed E-state index contributed by atoms with van der Waals surface area (Å²) >= 11 is 5.94. The van der Waals surface area contributed by atoms with Gasteiger partial charge in [-0.2, -0.15) is 23.0 Å². The van der Waals surface area contributed by atoms with E-state index in [4.69, 9.17) is 11.6 Å². The van der Waals surface area contributed by atoms with Crippen LogP contribution in [0.15, 0.2) is 37.2 Å². The number of aromatic nitrogens is 7. The quantitative estimate of drug-likeness (QED) is 0.472. The summed E-state index contributed by atoms with van der Waals surface area (Å²) in [5.74, 6) is 1.70. The Morgan fingerprint density at radius 2 is 1.77 bits per heavy atom. The number of fused-ring (bicyclic) bond motifs is 1. The van der Waals surface area contributed by atoms with Crippen LogP contribution in [0.25, 0.3) is 16.7 Å². The summed E-state index contributed by atoms with van der Waals surface area (Å²) in [7, 11) is 1.72. The first kappa shape index (κ1) is 20.7. The molecular weight excluding hydrogens is 435 g/mol. The molecule has 0 amide bonds. The number of halogens is 4. The average Bonchev–Trinajstić information content (AvgIpc) is 3.23. The summed E-state index contributed by atoms with van der Waals surface area (Å²) in [4.78, 5) is 20.4. The summed E-state index contributed by atoms with van der Waals surface area (Å²) in [5.41, 5.74) is -1.19. The molecule has 2 N–H and O–H groups in total. The summed E-state index contributed by atoms with van der Waals surface area (Å²) in [5, 5.41) is 10.2. The van der Waals surface area contributed by atoms with Crippen LogP contribution < -0.4 is 10.6 Å². The highest BCUT2D eigenvalue weighted by atomic mass is 35.5. The third kappa shape index (κ3) is 4.06. The van der Waals surface area contributed by atoms with Crippen molar-refractivity contribution >= 4 is 34.1 Å². The minimum atomic E-state index is -4.61. The molecule has 4 aromatic rings. The predicted octanol–water partition coefficient (Wildman–Crippen LogP) is 3.89. The standard InChI is InChI=1S/C18H15ClF3N9/c1-9(17-28-8-29-31(17)14-5-13(23-2)24-6-25-14)30-16-11-3-10(19)4-12(18(20,21)22)15(11)26-7-27-16/h3-9H,1-2H3,(H,23,24,25)(H,26,27,30)/t9-/m0/s1. The van der Waals surface area contributed by atoms with Gasteiger partial charge in [0.05, 0.1) is 17.1 Å². The van der Waals surface area contributed by atoms with Crippen molar-refractivity contribution in [2.75, 3.05) is 17.7 Å². The second kappa shape index (κ2) is 7.95. The molecule has 0 radical (unpaired) electrons. The largest absolute Gasteiger partial charge is 0.418 e. The maximum Gasteiger partial charge on any atom is 0.418 e. The van der Waals surface area contributed by atoms with Gasteiger partial charge in [0.2, 0.25) is 0 Å². The van der Waals surface area contributed by atoms with Gasteiger partial charge >= 0.3 is 6.18 Å². The third-order valence-electron chi connectivity index (χ3n) is 4.45. The normalized spacial score (nSPS) is 12.7. The first-order valence-corrected chi connectivity index (χ1v) is 9.34. The molecule has 3 heterocycles. The van der Waals surface area contributed by atoms with E-state index in [-0.39, 0.29) is 21.7 Å². The van der Waals surface area contributed by atoms with Crippen LogP contribution in [0.2, 0.25) is 5.02 Å². The number of rotatable bonds is 5. The Bertz CT molecular complexity index is 1240. The van der Waals surface area contributed by atoms with Crippen LogP contribution in [0.4, 0.5) is 24.8 Å². The highest BCUT2D eigenvalue weighted by molar-refractivity contribution is 6.31. The topological polar surface area (TPSA) is 106 Å². The molecule has 0 saturated heterocycles. The fourth-order valence-corrected chi connectivity index (χ4v) is 3.27.